The van der Waals surface area contributed by atoms with Gasteiger partial charge in [0.1, 0.15) is 5.15 Å². The summed E-state index contributed by atoms with van der Waals surface area (Å²) in [5, 5.41) is 3.62. The molecule has 1 N–H and O–H groups in total. The van der Waals surface area contributed by atoms with Crippen LogP contribution in [-0.4, -0.2) is 10.9 Å². The van der Waals surface area contributed by atoms with Gasteiger partial charge in [0.15, 0.2) is 0 Å². The van der Waals surface area contributed by atoms with Crippen LogP contribution in [0.2, 0.25) is 15.2 Å². The minimum absolute atomic E-state index is 0.266. The Kier molecular flexibility index (Phi) is 4.30. The summed E-state index contributed by atoms with van der Waals surface area (Å²) >= 11 is 17.7. The van der Waals surface area contributed by atoms with Crippen LogP contribution in [0.5, 0.6) is 0 Å². The molecule has 0 spiro atoms. The molecular weight excluding hydrogens is 307 g/mol. The van der Waals surface area contributed by atoms with Crippen LogP contribution in [-0.2, 0) is 0 Å². The van der Waals surface area contributed by atoms with Crippen LogP contribution in [0, 0.1) is 6.92 Å². The molecule has 0 atom stereocenters. The fourth-order valence-corrected chi connectivity index (χ4v) is 2.15. The number of anilines is 1. The quantitative estimate of drug-likeness (QED) is 0.823. The van der Waals surface area contributed by atoms with E-state index < -0.39 is 0 Å². The first kappa shape index (κ1) is 14.1. The second-order valence-corrected chi connectivity index (χ2v) is 5.05. The van der Waals surface area contributed by atoms with Crippen LogP contribution in [0.4, 0.5) is 5.69 Å². The summed E-state index contributed by atoms with van der Waals surface area (Å²) < 4.78 is 0. The number of carbonyl (C=O) groups is 1. The van der Waals surface area contributed by atoms with Crippen molar-refractivity contribution in [1.82, 2.24) is 4.98 Å². The Morgan fingerprint density at radius 2 is 1.95 bits per heavy atom. The molecule has 0 saturated carbocycles. The van der Waals surface area contributed by atoms with E-state index in [1.807, 2.05) is 0 Å². The minimum atomic E-state index is -0.323. The van der Waals surface area contributed by atoms with Crippen LogP contribution >= 0.6 is 34.8 Å². The van der Waals surface area contributed by atoms with Gasteiger partial charge < -0.3 is 5.32 Å². The van der Waals surface area contributed by atoms with Crippen molar-refractivity contribution < 1.29 is 4.79 Å². The van der Waals surface area contributed by atoms with Crippen molar-refractivity contribution in [3.05, 3.63) is 56.8 Å². The number of carbonyl (C=O) groups excluding carboxylic acids is 1. The number of amides is 1. The zero-order chi connectivity index (χ0) is 14.0. The van der Waals surface area contributed by atoms with E-state index in [2.05, 4.69) is 10.3 Å². The summed E-state index contributed by atoms with van der Waals surface area (Å²) in [6.45, 7) is 1.76. The maximum atomic E-state index is 12.1. The van der Waals surface area contributed by atoms with Gasteiger partial charge in [0.2, 0.25) is 0 Å². The van der Waals surface area contributed by atoms with Gasteiger partial charge in [-0.25, -0.2) is 4.98 Å². The van der Waals surface area contributed by atoms with Crippen molar-refractivity contribution in [1.29, 1.82) is 0 Å². The predicted molar refractivity (Wildman–Crippen MR) is 78.4 cm³/mol. The number of nitrogens with zero attached hydrogens (tertiary/aromatic N) is 1. The van der Waals surface area contributed by atoms with Crippen LogP contribution in [0.3, 0.4) is 0 Å². The number of aryl methyl sites for hydroxylation is 1. The van der Waals surface area contributed by atoms with Crippen molar-refractivity contribution >= 4 is 46.4 Å². The van der Waals surface area contributed by atoms with Gasteiger partial charge in [-0.3, -0.25) is 4.79 Å². The molecule has 0 aliphatic heterocycles. The first-order chi connectivity index (χ1) is 8.97. The van der Waals surface area contributed by atoms with E-state index in [1.165, 1.54) is 6.07 Å². The van der Waals surface area contributed by atoms with E-state index in [-0.39, 0.29) is 11.1 Å². The molecule has 6 heteroatoms. The Balaban J connectivity index is 2.28. The molecule has 1 heterocycles. The first-order valence-electron chi connectivity index (χ1n) is 5.37. The van der Waals surface area contributed by atoms with Gasteiger partial charge in [0, 0.05) is 11.3 Å². The largest absolute Gasteiger partial charge is 0.321 e. The highest BCUT2D eigenvalue weighted by atomic mass is 35.5. The second-order valence-electron chi connectivity index (χ2n) is 3.88. The molecule has 0 aliphatic carbocycles. The molecule has 0 aliphatic rings. The lowest BCUT2D eigenvalue weighted by Gasteiger charge is -2.08. The lowest BCUT2D eigenvalue weighted by molar-refractivity contribution is 0.102. The molecule has 1 amide bonds. The van der Waals surface area contributed by atoms with Crippen molar-refractivity contribution in [3.8, 4) is 0 Å². The molecule has 0 saturated heterocycles. The van der Waals surface area contributed by atoms with Gasteiger partial charge in [-0.15, -0.1) is 0 Å². The van der Waals surface area contributed by atoms with E-state index in [4.69, 9.17) is 34.8 Å². The predicted octanol–water partition coefficient (Wildman–Crippen LogP) is 4.60. The Morgan fingerprint density at radius 1 is 1.21 bits per heavy atom. The van der Waals surface area contributed by atoms with Crippen LogP contribution < -0.4 is 5.32 Å². The van der Waals surface area contributed by atoms with Crippen LogP contribution in [0.25, 0.3) is 0 Å². The van der Waals surface area contributed by atoms with Gasteiger partial charge in [-0.1, -0.05) is 40.9 Å². The number of hydrogen-bond acceptors (Lipinski definition) is 2. The average Bonchev–Trinajstić information content (AvgIpc) is 2.33. The summed E-state index contributed by atoms with van der Waals surface area (Å²) in [7, 11) is 0. The zero-order valence-corrected chi connectivity index (χ0v) is 12.1. The molecular formula is C13H9Cl3N2O. The van der Waals surface area contributed by atoms with E-state index in [1.54, 1.807) is 31.2 Å². The van der Waals surface area contributed by atoms with E-state index in [0.29, 0.717) is 27.0 Å². The van der Waals surface area contributed by atoms with Crippen molar-refractivity contribution in [2.24, 2.45) is 0 Å². The van der Waals surface area contributed by atoms with Crippen LogP contribution in [0.15, 0.2) is 30.3 Å². The summed E-state index contributed by atoms with van der Waals surface area (Å²) in [5.41, 5.74) is 1.52. The third kappa shape index (κ3) is 3.38. The summed E-state index contributed by atoms with van der Waals surface area (Å²) in [5.74, 6) is -0.323. The van der Waals surface area contributed by atoms with Crippen molar-refractivity contribution in [2.45, 2.75) is 6.92 Å². The number of nitrogens with one attached hydrogen (secondary N) is 1. The number of rotatable bonds is 2. The highest BCUT2D eigenvalue weighted by Crippen LogP contribution is 2.29. The SMILES string of the molecule is Cc1cc(C(=O)Nc2cccc(Cl)c2Cl)cc(Cl)n1. The third-order valence-electron chi connectivity index (χ3n) is 2.38. The number of halogens is 3. The van der Waals surface area contributed by atoms with Gasteiger partial charge in [0.05, 0.1) is 15.7 Å². The number of benzene rings is 1. The van der Waals surface area contributed by atoms with Crippen molar-refractivity contribution in [3.63, 3.8) is 0 Å². The van der Waals surface area contributed by atoms with E-state index >= 15 is 0 Å². The van der Waals surface area contributed by atoms with Gasteiger partial charge >= 0.3 is 0 Å². The Morgan fingerprint density at radius 3 is 2.63 bits per heavy atom. The van der Waals surface area contributed by atoms with Gasteiger partial charge in [-0.2, -0.15) is 0 Å². The Bertz CT molecular complexity index is 624. The topological polar surface area (TPSA) is 42.0 Å². The lowest BCUT2D eigenvalue weighted by Crippen LogP contribution is -2.12. The molecule has 1 aromatic carbocycles. The molecule has 3 nitrogen and oxygen atoms in total. The molecule has 98 valence electrons. The molecule has 1 aromatic heterocycles. The highest BCUT2D eigenvalue weighted by molar-refractivity contribution is 6.44. The molecule has 19 heavy (non-hydrogen) atoms. The molecule has 2 rings (SSSR count). The fraction of sp³-hybridized carbons (Fsp3) is 0.0769. The number of aromatic nitrogens is 1. The standard InChI is InChI=1S/C13H9Cl3N2O/c1-7-5-8(6-11(15)17-7)13(19)18-10-4-2-3-9(14)12(10)16/h2-6H,1H3,(H,18,19). The van der Waals surface area contributed by atoms with Crippen molar-refractivity contribution in [2.75, 3.05) is 5.32 Å². The molecule has 0 unspecified atom stereocenters. The fourth-order valence-electron chi connectivity index (χ4n) is 1.55. The minimum Gasteiger partial charge on any atom is -0.321 e. The highest BCUT2D eigenvalue weighted by Gasteiger charge is 2.11. The lowest BCUT2D eigenvalue weighted by atomic mass is 10.2. The maximum Gasteiger partial charge on any atom is 0.255 e. The summed E-state index contributed by atoms with van der Waals surface area (Å²) in [4.78, 5) is 16.1. The molecule has 0 fully saturated rings. The second kappa shape index (κ2) is 5.78. The van der Waals surface area contributed by atoms with E-state index in [9.17, 15) is 4.79 Å². The average molecular weight is 316 g/mol. The smallest absolute Gasteiger partial charge is 0.255 e. The monoisotopic (exact) mass is 314 g/mol. The molecule has 2 aromatic rings. The summed E-state index contributed by atoms with van der Waals surface area (Å²) in [6.07, 6.45) is 0. The first-order valence-corrected chi connectivity index (χ1v) is 6.50. The number of pyridine rings is 1. The maximum absolute atomic E-state index is 12.1. The Labute approximate surface area is 125 Å². The van der Waals surface area contributed by atoms with Crippen LogP contribution in [0.1, 0.15) is 16.1 Å². The van der Waals surface area contributed by atoms with Gasteiger partial charge in [0.25, 0.3) is 5.91 Å². The molecule has 0 bridgehead atoms. The zero-order valence-electron chi connectivity index (χ0n) is 9.88. The van der Waals surface area contributed by atoms with Gasteiger partial charge in [-0.05, 0) is 31.2 Å². The normalized spacial score (nSPS) is 10.3. The van der Waals surface area contributed by atoms with E-state index in [0.717, 1.165) is 0 Å². The number of hydrogen-bond donors (Lipinski definition) is 1. The Hall–Kier alpha value is -1.29. The molecule has 0 radical (unpaired) electrons. The summed E-state index contributed by atoms with van der Waals surface area (Å²) in [6, 6.07) is 8.14. The third-order valence-corrected chi connectivity index (χ3v) is 3.40.